The van der Waals surface area contributed by atoms with Crippen LogP contribution in [0.2, 0.25) is 0 Å². The molecule has 0 unspecified atom stereocenters. The van der Waals surface area contributed by atoms with E-state index in [1.54, 1.807) is 25.1 Å². The molecule has 0 saturated heterocycles. The molecule has 0 aliphatic rings. The summed E-state index contributed by atoms with van der Waals surface area (Å²) >= 11 is 1.73. The minimum Gasteiger partial charge on any atom is -0.497 e. The summed E-state index contributed by atoms with van der Waals surface area (Å²) in [6, 6.07) is 11.8. The number of hydrogen-bond donors (Lipinski definition) is 2. The van der Waals surface area contributed by atoms with Crippen molar-refractivity contribution in [2.75, 3.05) is 12.5 Å². The summed E-state index contributed by atoms with van der Waals surface area (Å²) < 4.78 is 5.12. The smallest absolute Gasteiger partial charge is 0.118 e. The van der Waals surface area contributed by atoms with Gasteiger partial charge in [0.2, 0.25) is 0 Å². The van der Waals surface area contributed by atoms with Crippen LogP contribution < -0.4 is 16.0 Å². The third-order valence-electron chi connectivity index (χ3n) is 2.43. The summed E-state index contributed by atoms with van der Waals surface area (Å²) in [7, 11) is 1.66. The molecule has 0 fully saturated rings. The molecule has 0 saturated carbocycles. The second kappa shape index (κ2) is 6.28. The molecule has 0 aliphatic heterocycles. The summed E-state index contributed by atoms with van der Waals surface area (Å²) in [5.74, 6) is 7.03. The van der Waals surface area contributed by atoms with E-state index in [4.69, 9.17) is 10.6 Å². The largest absolute Gasteiger partial charge is 0.497 e. The first-order valence-corrected chi connectivity index (χ1v) is 6.49. The van der Waals surface area contributed by atoms with Gasteiger partial charge in [0.1, 0.15) is 5.75 Å². The van der Waals surface area contributed by atoms with E-state index in [1.807, 2.05) is 36.4 Å². The number of pyridine rings is 1. The van der Waals surface area contributed by atoms with Gasteiger partial charge in [-0.2, -0.15) is 0 Å². The van der Waals surface area contributed by atoms with Gasteiger partial charge in [-0.3, -0.25) is 10.8 Å². The van der Waals surface area contributed by atoms with E-state index in [9.17, 15) is 0 Å². The molecule has 4 nitrogen and oxygen atoms in total. The second-order valence-corrected chi connectivity index (χ2v) is 4.69. The molecule has 18 heavy (non-hydrogen) atoms. The van der Waals surface area contributed by atoms with E-state index in [0.29, 0.717) is 0 Å². The number of thioether (sulfide) groups is 1. The molecule has 2 aromatic rings. The zero-order valence-corrected chi connectivity index (χ0v) is 10.9. The van der Waals surface area contributed by atoms with E-state index in [0.717, 1.165) is 22.9 Å². The van der Waals surface area contributed by atoms with Gasteiger partial charge in [-0.25, -0.2) is 0 Å². The summed E-state index contributed by atoms with van der Waals surface area (Å²) in [6.45, 7) is 0. The van der Waals surface area contributed by atoms with Crippen molar-refractivity contribution in [3.8, 4) is 5.75 Å². The highest BCUT2D eigenvalue weighted by Gasteiger charge is 1.99. The van der Waals surface area contributed by atoms with Crippen molar-refractivity contribution < 1.29 is 4.74 Å². The van der Waals surface area contributed by atoms with E-state index < -0.39 is 0 Å². The predicted molar refractivity (Wildman–Crippen MR) is 74.6 cm³/mol. The number of nitrogens with two attached hydrogens (primary N) is 1. The Morgan fingerprint density at radius 2 is 2.06 bits per heavy atom. The standard InChI is InChI=1S/C13H15N3OS/c1-17-12-2-4-13(5-3-12)18-9-11-8-10(16-14)6-7-15-11/h2-8H,9,14H2,1H3,(H,15,16). The zero-order valence-electron chi connectivity index (χ0n) is 10.1. The first-order chi connectivity index (χ1) is 8.81. The molecule has 0 radical (unpaired) electrons. The summed E-state index contributed by atoms with van der Waals surface area (Å²) in [6.07, 6.45) is 1.75. The molecule has 0 spiro atoms. The maximum atomic E-state index is 5.36. The van der Waals surface area contributed by atoms with Gasteiger partial charge in [0, 0.05) is 16.8 Å². The number of nitrogens with one attached hydrogen (secondary N) is 1. The fourth-order valence-electron chi connectivity index (χ4n) is 1.48. The van der Waals surface area contributed by atoms with Gasteiger partial charge in [0.15, 0.2) is 0 Å². The highest BCUT2D eigenvalue weighted by Crippen LogP contribution is 2.24. The fraction of sp³-hybridized carbons (Fsp3) is 0.154. The predicted octanol–water partition coefficient (Wildman–Crippen LogP) is 2.67. The van der Waals surface area contributed by atoms with Gasteiger partial charge < -0.3 is 10.2 Å². The first-order valence-electron chi connectivity index (χ1n) is 5.50. The Morgan fingerprint density at radius 1 is 1.28 bits per heavy atom. The van der Waals surface area contributed by atoms with Gasteiger partial charge in [0.25, 0.3) is 0 Å². The lowest BCUT2D eigenvalue weighted by Crippen LogP contribution is -2.07. The lowest BCUT2D eigenvalue weighted by Gasteiger charge is -2.05. The molecule has 0 aliphatic carbocycles. The quantitative estimate of drug-likeness (QED) is 0.492. The number of methoxy groups -OCH3 is 1. The van der Waals surface area contributed by atoms with E-state index >= 15 is 0 Å². The summed E-state index contributed by atoms with van der Waals surface area (Å²) in [5, 5.41) is 0. The van der Waals surface area contributed by atoms with Gasteiger partial charge in [-0.05, 0) is 36.4 Å². The molecule has 2 rings (SSSR count). The number of hydrogen-bond acceptors (Lipinski definition) is 5. The van der Waals surface area contributed by atoms with Gasteiger partial charge >= 0.3 is 0 Å². The number of ether oxygens (including phenoxy) is 1. The molecule has 94 valence electrons. The third kappa shape index (κ3) is 3.38. The van der Waals surface area contributed by atoms with Crippen LogP contribution in [-0.2, 0) is 5.75 Å². The summed E-state index contributed by atoms with van der Waals surface area (Å²) in [5.41, 5.74) is 4.48. The number of hydrazine groups is 1. The first kappa shape index (κ1) is 12.7. The Balaban J connectivity index is 1.97. The Morgan fingerprint density at radius 3 is 2.72 bits per heavy atom. The molecule has 0 bridgehead atoms. The molecule has 0 amide bonds. The summed E-state index contributed by atoms with van der Waals surface area (Å²) in [4.78, 5) is 5.48. The van der Waals surface area contributed by atoms with E-state index in [1.165, 1.54) is 4.90 Å². The zero-order chi connectivity index (χ0) is 12.8. The minimum absolute atomic E-state index is 0.807. The Hall–Kier alpha value is -1.72. The van der Waals surface area contributed by atoms with Gasteiger partial charge in [0.05, 0.1) is 18.5 Å². The second-order valence-electron chi connectivity index (χ2n) is 3.64. The van der Waals surface area contributed by atoms with Crippen LogP contribution in [0.1, 0.15) is 5.69 Å². The topological polar surface area (TPSA) is 60.2 Å². The highest BCUT2D eigenvalue weighted by molar-refractivity contribution is 7.98. The van der Waals surface area contributed by atoms with Gasteiger partial charge in [-0.15, -0.1) is 11.8 Å². The fourth-order valence-corrected chi connectivity index (χ4v) is 2.28. The van der Waals surface area contributed by atoms with Gasteiger partial charge in [-0.1, -0.05) is 0 Å². The van der Waals surface area contributed by atoms with E-state index in [2.05, 4.69) is 10.4 Å². The number of nitrogen functional groups attached to an aromatic ring is 1. The minimum atomic E-state index is 0.807. The molecule has 1 aromatic heterocycles. The SMILES string of the molecule is COc1ccc(SCc2cc(NN)ccn2)cc1. The van der Waals surface area contributed by atoms with Crippen LogP contribution in [0.5, 0.6) is 5.75 Å². The molecule has 3 N–H and O–H groups in total. The Labute approximate surface area is 111 Å². The number of nitrogens with zero attached hydrogens (tertiary/aromatic N) is 1. The van der Waals surface area contributed by atoms with E-state index in [-0.39, 0.29) is 0 Å². The average molecular weight is 261 g/mol. The van der Waals surface area contributed by atoms with Crippen LogP contribution >= 0.6 is 11.8 Å². The lowest BCUT2D eigenvalue weighted by atomic mass is 10.3. The van der Waals surface area contributed by atoms with Crippen molar-refractivity contribution >= 4 is 17.4 Å². The van der Waals surface area contributed by atoms with Crippen LogP contribution in [0.4, 0.5) is 5.69 Å². The third-order valence-corrected chi connectivity index (χ3v) is 3.47. The van der Waals surface area contributed by atoms with Crippen LogP contribution in [0.3, 0.4) is 0 Å². The number of anilines is 1. The normalized spacial score (nSPS) is 10.1. The maximum absolute atomic E-state index is 5.36. The highest BCUT2D eigenvalue weighted by atomic mass is 32.2. The van der Waals surface area contributed by atoms with Crippen LogP contribution in [0, 0.1) is 0 Å². The van der Waals surface area contributed by atoms with Crippen molar-refractivity contribution in [1.29, 1.82) is 0 Å². The molecular weight excluding hydrogens is 246 g/mol. The molecular formula is C13H15N3OS. The number of aromatic nitrogens is 1. The molecule has 1 aromatic carbocycles. The molecule has 1 heterocycles. The van der Waals surface area contributed by atoms with Crippen LogP contribution in [-0.4, -0.2) is 12.1 Å². The Bertz CT molecular complexity index is 502. The maximum Gasteiger partial charge on any atom is 0.118 e. The Kier molecular flexibility index (Phi) is 4.44. The monoisotopic (exact) mass is 261 g/mol. The van der Waals surface area contributed by atoms with Crippen LogP contribution in [0.25, 0.3) is 0 Å². The van der Waals surface area contributed by atoms with Crippen molar-refractivity contribution in [1.82, 2.24) is 4.98 Å². The van der Waals surface area contributed by atoms with Crippen molar-refractivity contribution in [3.05, 3.63) is 48.3 Å². The van der Waals surface area contributed by atoms with Crippen molar-refractivity contribution in [3.63, 3.8) is 0 Å². The average Bonchev–Trinajstić information content (AvgIpc) is 2.46. The van der Waals surface area contributed by atoms with Crippen molar-refractivity contribution in [2.45, 2.75) is 10.6 Å². The number of benzene rings is 1. The molecule has 0 atom stereocenters. The lowest BCUT2D eigenvalue weighted by molar-refractivity contribution is 0.414. The van der Waals surface area contributed by atoms with Crippen molar-refractivity contribution in [2.24, 2.45) is 5.84 Å². The van der Waals surface area contributed by atoms with Crippen LogP contribution in [0.15, 0.2) is 47.5 Å². The molecule has 5 heteroatoms. The number of rotatable bonds is 5.